The molecule has 0 bridgehead atoms. The van der Waals surface area contributed by atoms with Crippen LogP contribution in [0, 0.1) is 11.3 Å². The van der Waals surface area contributed by atoms with E-state index in [0.717, 1.165) is 6.20 Å². The second kappa shape index (κ2) is 4.30. The second-order valence-electron chi connectivity index (χ2n) is 2.54. The topological polar surface area (TPSA) is 45.9 Å². The van der Waals surface area contributed by atoms with Crippen LogP contribution in [0.15, 0.2) is 12.3 Å². The molecule has 0 fully saturated rings. The van der Waals surface area contributed by atoms with Crippen LogP contribution in [0.1, 0.15) is 17.7 Å². The van der Waals surface area contributed by atoms with E-state index in [1.807, 2.05) is 0 Å². The molecule has 86 valence electrons. The number of nitrogens with zero attached hydrogens (tertiary/aromatic N) is 2. The smallest absolute Gasteiger partial charge is 0.402 e. The van der Waals surface area contributed by atoms with Crippen molar-refractivity contribution in [3.05, 3.63) is 23.5 Å². The van der Waals surface area contributed by atoms with Crippen LogP contribution in [0.5, 0.6) is 5.75 Å². The zero-order chi connectivity index (χ0) is 12.3. The average Bonchev–Trinajstić information content (AvgIpc) is 2.15. The molecule has 1 rings (SSSR count). The highest BCUT2D eigenvalue weighted by molar-refractivity contribution is 5.44. The molecule has 0 radical (unpaired) electrons. The van der Waals surface area contributed by atoms with Crippen LogP contribution in [-0.2, 0) is 0 Å². The van der Waals surface area contributed by atoms with E-state index in [4.69, 9.17) is 5.26 Å². The van der Waals surface area contributed by atoms with Gasteiger partial charge in [0.25, 0.3) is 6.43 Å². The Bertz CT molecular complexity index is 423. The molecular formula is C8H3F5N2O. The van der Waals surface area contributed by atoms with Crippen LogP contribution in [-0.4, -0.2) is 11.3 Å². The van der Waals surface area contributed by atoms with E-state index in [9.17, 15) is 22.0 Å². The third-order valence-corrected chi connectivity index (χ3v) is 1.49. The molecule has 0 aliphatic rings. The molecule has 1 aromatic heterocycles. The lowest BCUT2D eigenvalue weighted by atomic mass is 10.2. The summed E-state index contributed by atoms with van der Waals surface area (Å²) in [5.74, 6) is -1.26. The second-order valence-corrected chi connectivity index (χ2v) is 2.54. The van der Waals surface area contributed by atoms with Crippen molar-refractivity contribution >= 4 is 0 Å². The average molecular weight is 238 g/mol. The third-order valence-electron chi connectivity index (χ3n) is 1.49. The van der Waals surface area contributed by atoms with E-state index >= 15 is 0 Å². The van der Waals surface area contributed by atoms with Crippen molar-refractivity contribution in [2.75, 3.05) is 0 Å². The number of pyridine rings is 1. The summed E-state index contributed by atoms with van der Waals surface area (Å²) >= 11 is 0. The van der Waals surface area contributed by atoms with Gasteiger partial charge in [0, 0.05) is 6.20 Å². The van der Waals surface area contributed by atoms with Crippen LogP contribution in [0.3, 0.4) is 0 Å². The monoisotopic (exact) mass is 238 g/mol. The van der Waals surface area contributed by atoms with E-state index in [-0.39, 0.29) is 0 Å². The number of rotatable bonds is 2. The van der Waals surface area contributed by atoms with Gasteiger partial charge in [0.1, 0.15) is 6.07 Å². The van der Waals surface area contributed by atoms with Gasteiger partial charge in [0.15, 0.2) is 11.4 Å². The number of halogens is 5. The Balaban J connectivity index is 3.27. The zero-order valence-corrected chi connectivity index (χ0v) is 7.42. The summed E-state index contributed by atoms with van der Waals surface area (Å²) in [4.78, 5) is 3.20. The molecule has 0 saturated carbocycles. The first-order valence-corrected chi connectivity index (χ1v) is 3.78. The summed E-state index contributed by atoms with van der Waals surface area (Å²) in [6.45, 7) is 0. The van der Waals surface area contributed by atoms with Gasteiger partial charge in [-0.1, -0.05) is 0 Å². The Morgan fingerprint density at radius 1 is 1.38 bits per heavy atom. The van der Waals surface area contributed by atoms with Crippen LogP contribution in [0.4, 0.5) is 22.0 Å². The van der Waals surface area contributed by atoms with Gasteiger partial charge in [-0.25, -0.2) is 13.8 Å². The van der Waals surface area contributed by atoms with Crippen molar-refractivity contribution in [2.24, 2.45) is 0 Å². The lowest BCUT2D eigenvalue weighted by molar-refractivity contribution is -0.275. The van der Waals surface area contributed by atoms with Crippen LogP contribution >= 0.6 is 0 Å². The molecule has 0 atom stereocenters. The Morgan fingerprint density at radius 3 is 2.44 bits per heavy atom. The maximum absolute atomic E-state index is 12.3. The van der Waals surface area contributed by atoms with Gasteiger partial charge < -0.3 is 4.74 Å². The van der Waals surface area contributed by atoms with Crippen molar-refractivity contribution in [1.29, 1.82) is 5.26 Å². The Labute approximate surface area is 86.1 Å². The van der Waals surface area contributed by atoms with Crippen molar-refractivity contribution in [3.63, 3.8) is 0 Å². The van der Waals surface area contributed by atoms with Crippen LogP contribution < -0.4 is 4.74 Å². The van der Waals surface area contributed by atoms with Crippen molar-refractivity contribution in [2.45, 2.75) is 12.8 Å². The normalized spacial score (nSPS) is 11.3. The summed E-state index contributed by atoms with van der Waals surface area (Å²) in [6, 6.07) is 1.90. The fourth-order valence-electron chi connectivity index (χ4n) is 0.938. The number of alkyl halides is 5. The minimum absolute atomic E-state index is 0.659. The summed E-state index contributed by atoms with van der Waals surface area (Å²) in [5, 5.41) is 8.42. The van der Waals surface area contributed by atoms with E-state index in [0.29, 0.717) is 6.07 Å². The Kier molecular flexibility index (Phi) is 3.27. The highest BCUT2D eigenvalue weighted by Crippen LogP contribution is 2.34. The van der Waals surface area contributed by atoms with Gasteiger partial charge >= 0.3 is 6.36 Å². The van der Waals surface area contributed by atoms with Crippen LogP contribution in [0.2, 0.25) is 0 Å². The molecule has 0 aromatic carbocycles. The van der Waals surface area contributed by atoms with Crippen LogP contribution in [0.25, 0.3) is 0 Å². The van der Waals surface area contributed by atoms with Gasteiger partial charge in [0.05, 0.1) is 5.56 Å². The van der Waals surface area contributed by atoms with E-state index < -0.39 is 29.8 Å². The zero-order valence-electron chi connectivity index (χ0n) is 7.42. The molecule has 0 amide bonds. The Hall–Kier alpha value is -1.91. The van der Waals surface area contributed by atoms with Crippen molar-refractivity contribution in [3.8, 4) is 11.8 Å². The first-order valence-electron chi connectivity index (χ1n) is 3.78. The highest BCUT2D eigenvalue weighted by Gasteiger charge is 2.35. The lowest BCUT2D eigenvalue weighted by Gasteiger charge is -2.13. The maximum atomic E-state index is 12.3. The molecule has 0 N–H and O–H groups in total. The van der Waals surface area contributed by atoms with Gasteiger partial charge in [-0.05, 0) is 6.07 Å². The number of hydrogen-bond donors (Lipinski definition) is 0. The standard InChI is InChI=1S/C8H3F5N2O/c9-7(10)4-1-2-15-5(3-14)6(4)16-8(11,12)13/h1-2,7H. The molecule has 1 heterocycles. The predicted molar refractivity (Wildman–Crippen MR) is 40.6 cm³/mol. The minimum Gasteiger partial charge on any atom is -0.402 e. The van der Waals surface area contributed by atoms with Gasteiger partial charge in [-0.15, -0.1) is 13.2 Å². The lowest BCUT2D eigenvalue weighted by Crippen LogP contribution is -2.19. The molecule has 1 aromatic rings. The van der Waals surface area contributed by atoms with Crippen molar-refractivity contribution in [1.82, 2.24) is 4.98 Å². The minimum atomic E-state index is -5.15. The molecule has 0 aliphatic heterocycles. The van der Waals surface area contributed by atoms with E-state index in [1.54, 1.807) is 0 Å². The molecule has 0 saturated heterocycles. The molecular weight excluding hydrogens is 235 g/mol. The fourth-order valence-corrected chi connectivity index (χ4v) is 0.938. The number of aromatic nitrogens is 1. The van der Waals surface area contributed by atoms with Gasteiger partial charge in [0.2, 0.25) is 0 Å². The molecule has 0 aliphatic carbocycles. The largest absolute Gasteiger partial charge is 0.573 e. The van der Waals surface area contributed by atoms with E-state index in [1.165, 1.54) is 6.07 Å². The molecule has 8 heteroatoms. The van der Waals surface area contributed by atoms with Crippen molar-refractivity contribution < 1.29 is 26.7 Å². The molecule has 0 spiro atoms. The van der Waals surface area contributed by atoms with Gasteiger partial charge in [-0.2, -0.15) is 5.26 Å². The summed E-state index contributed by atoms with van der Waals surface area (Å²) in [5.41, 5.74) is -1.86. The summed E-state index contributed by atoms with van der Waals surface area (Å²) in [6.07, 6.45) is -7.53. The van der Waals surface area contributed by atoms with Gasteiger partial charge in [-0.3, -0.25) is 0 Å². The number of hydrogen-bond acceptors (Lipinski definition) is 3. The molecule has 0 unspecified atom stereocenters. The fraction of sp³-hybridized carbons (Fsp3) is 0.250. The number of ether oxygens (including phenoxy) is 1. The molecule has 3 nitrogen and oxygen atoms in total. The molecule has 16 heavy (non-hydrogen) atoms. The first kappa shape index (κ1) is 12.2. The quantitative estimate of drug-likeness (QED) is 0.744. The summed E-state index contributed by atoms with van der Waals surface area (Å²) in [7, 11) is 0. The Morgan fingerprint density at radius 2 is 2.00 bits per heavy atom. The predicted octanol–water partition coefficient (Wildman–Crippen LogP) is 2.79. The summed E-state index contributed by atoms with van der Waals surface area (Å²) < 4.78 is 63.7. The highest BCUT2D eigenvalue weighted by atomic mass is 19.4. The first-order chi connectivity index (χ1) is 7.35. The maximum Gasteiger partial charge on any atom is 0.573 e. The third kappa shape index (κ3) is 2.79. The number of nitriles is 1. The SMILES string of the molecule is N#Cc1nccc(C(F)F)c1OC(F)(F)F. The van der Waals surface area contributed by atoms with E-state index in [2.05, 4.69) is 9.72 Å².